The van der Waals surface area contributed by atoms with Crippen molar-refractivity contribution >= 4 is 57.2 Å². The van der Waals surface area contributed by atoms with E-state index in [1.807, 2.05) is 42.2 Å². The number of allylic oxidation sites excluding steroid dienone is 3. The van der Waals surface area contributed by atoms with E-state index in [-0.39, 0.29) is 5.78 Å². The molecule has 6 rings (SSSR count). The maximum Gasteiger partial charge on any atom is 0.161 e. The molecule has 0 saturated carbocycles. The maximum atomic E-state index is 13.8. The first kappa shape index (κ1) is 28.4. The predicted octanol–water partition coefficient (Wildman–Crippen LogP) is 9.36. The van der Waals surface area contributed by atoms with Crippen molar-refractivity contribution in [3.05, 3.63) is 128 Å². The minimum Gasteiger partial charge on any atom is -0.384 e. The summed E-state index contributed by atoms with van der Waals surface area (Å²) in [5, 5.41) is 14.0. The van der Waals surface area contributed by atoms with Crippen molar-refractivity contribution in [2.45, 2.75) is 49.7 Å². The van der Waals surface area contributed by atoms with Gasteiger partial charge in [0.15, 0.2) is 5.78 Å². The van der Waals surface area contributed by atoms with Crippen LogP contribution in [0, 0.1) is 25.2 Å². The summed E-state index contributed by atoms with van der Waals surface area (Å²) in [7, 11) is 0. The van der Waals surface area contributed by atoms with Crippen LogP contribution in [-0.4, -0.2) is 5.78 Å². The van der Waals surface area contributed by atoms with E-state index in [1.165, 1.54) is 0 Å². The van der Waals surface area contributed by atoms with Crippen LogP contribution >= 0.6 is 35.0 Å². The molecule has 2 aliphatic rings. The lowest BCUT2D eigenvalue weighted by Gasteiger charge is -2.40. The Balaban J connectivity index is 1.49. The van der Waals surface area contributed by atoms with Crippen molar-refractivity contribution in [2.75, 3.05) is 4.90 Å². The number of fused-ring (bicyclic) bond motifs is 1. The van der Waals surface area contributed by atoms with Gasteiger partial charge in [-0.15, -0.1) is 11.8 Å². The molecule has 0 aromatic heterocycles. The van der Waals surface area contributed by atoms with Gasteiger partial charge in [0.05, 0.1) is 28.3 Å². The van der Waals surface area contributed by atoms with Crippen LogP contribution in [0.1, 0.15) is 47.4 Å². The van der Waals surface area contributed by atoms with Gasteiger partial charge in [-0.05, 0) is 78.6 Å². The number of anilines is 1. The summed E-state index contributed by atoms with van der Waals surface area (Å²) in [6, 6.07) is 26.3. The highest BCUT2D eigenvalue weighted by molar-refractivity contribution is 7.98. The quantitative estimate of drug-likeness (QED) is 0.228. The van der Waals surface area contributed by atoms with Gasteiger partial charge in [0.25, 0.3) is 0 Å². The smallest absolute Gasteiger partial charge is 0.161 e. The number of Topliss-reactive ketones (excluding diaryl/α,β-unsaturated/α-hetero) is 1. The Kier molecular flexibility index (Phi) is 7.81. The van der Waals surface area contributed by atoms with Crippen LogP contribution in [0.15, 0.2) is 100 Å². The molecular formula is C35H29Cl2N3OS. The summed E-state index contributed by atoms with van der Waals surface area (Å²) in [6.07, 6.45) is 1.91. The van der Waals surface area contributed by atoms with Crippen LogP contribution in [0.4, 0.5) is 5.69 Å². The summed E-state index contributed by atoms with van der Waals surface area (Å²) in [5.41, 5.74) is 14.0. The molecule has 1 unspecified atom stereocenters. The van der Waals surface area contributed by atoms with Gasteiger partial charge >= 0.3 is 0 Å². The maximum absolute atomic E-state index is 13.8. The zero-order chi connectivity index (χ0) is 29.5. The first-order valence-corrected chi connectivity index (χ1v) is 15.6. The Morgan fingerprint density at radius 3 is 2.60 bits per heavy atom. The third kappa shape index (κ3) is 4.98. The highest BCUT2D eigenvalue weighted by Crippen LogP contribution is 2.48. The average molecular weight is 611 g/mol. The third-order valence-corrected chi connectivity index (χ3v) is 10.0. The van der Waals surface area contributed by atoms with Gasteiger partial charge in [0.2, 0.25) is 0 Å². The Hall–Kier alpha value is -3.69. The van der Waals surface area contributed by atoms with Crippen molar-refractivity contribution < 1.29 is 4.79 Å². The number of benzene rings is 4. The van der Waals surface area contributed by atoms with E-state index in [4.69, 9.17) is 28.9 Å². The van der Waals surface area contributed by atoms with E-state index in [2.05, 4.69) is 43.3 Å². The first-order valence-electron chi connectivity index (χ1n) is 13.9. The Labute approximate surface area is 260 Å². The SMILES string of the molecule is Cc1cc(C)c(C2C(C#N)=C(N)N(c3cccc4ccccc34)C3=C2C(=O)CCC3)cc1CSc1cc(Cl)ccc1Cl. The average Bonchev–Trinajstić information content (AvgIpc) is 2.98. The number of rotatable bonds is 5. The van der Waals surface area contributed by atoms with Gasteiger partial charge in [0.1, 0.15) is 5.82 Å². The third-order valence-electron chi connectivity index (χ3n) is 8.23. The minimum atomic E-state index is -0.525. The molecule has 42 heavy (non-hydrogen) atoms. The van der Waals surface area contributed by atoms with Crippen LogP contribution in [0.2, 0.25) is 10.0 Å². The number of carbonyl (C=O) groups is 1. The molecule has 1 aliphatic heterocycles. The standard InChI is InChI=1S/C35H29Cl2N3OS/c1-20-15-21(2)26(16-23(20)19-42-32-17-24(36)13-14-28(32)37)33-27(18-38)35(39)40(30-11-6-12-31(41)34(30)33)29-10-5-8-22-7-3-4-9-25(22)29/h3-5,7-10,13-17,33H,6,11-12,19,39H2,1-2H3. The molecule has 2 N–H and O–H groups in total. The number of nitrogens with zero attached hydrogens (tertiary/aromatic N) is 2. The molecule has 0 radical (unpaired) electrons. The van der Waals surface area contributed by atoms with E-state index < -0.39 is 5.92 Å². The summed E-state index contributed by atoms with van der Waals surface area (Å²) >= 11 is 14.3. The highest BCUT2D eigenvalue weighted by atomic mass is 35.5. The van der Waals surface area contributed by atoms with Crippen LogP contribution in [-0.2, 0) is 10.5 Å². The second kappa shape index (κ2) is 11.5. The second-order valence-electron chi connectivity index (χ2n) is 10.8. The van der Waals surface area contributed by atoms with Gasteiger partial charge < -0.3 is 5.73 Å². The van der Waals surface area contributed by atoms with E-state index in [0.717, 1.165) is 55.7 Å². The predicted molar refractivity (Wildman–Crippen MR) is 174 cm³/mol. The molecule has 0 spiro atoms. The van der Waals surface area contributed by atoms with Crippen LogP contribution in [0.5, 0.6) is 0 Å². The van der Waals surface area contributed by atoms with E-state index >= 15 is 0 Å². The van der Waals surface area contributed by atoms with Crippen molar-refractivity contribution in [2.24, 2.45) is 5.73 Å². The van der Waals surface area contributed by atoms with Crippen molar-refractivity contribution in [3.63, 3.8) is 0 Å². The van der Waals surface area contributed by atoms with Crippen LogP contribution in [0.3, 0.4) is 0 Å². The van der Waals surface area contributed by atoms with E-state index in [1.54, 1.807) is 23.9 Å². The van der Waals surface area contributed by atoms with E-state index in [9.17, 15) is 10.1 Å². The second-order valence-corrected chi connectivity index (χ2v) is 12.7. The van der Waals surface area contributed by atoms with Crippen molar-refractivity contribution in [3.8, 4) is 6.07 Å². The summed E-state index contributed by atoms with van der Waals surface area (Å²) in [4.78, 5) is 16.6. The van der Waals surface area contributed by atoms with Gasteiger partial charge in [0, 0.05) is 38.7 Å². The topological polar surface area (TPSA) is 70.1 Å². The molecule has 7 heteroatoms. The number of nitrogens with two attached hydrogens (primary N) is 1. The van der Waals surface area contributed by atoms with E-state index in [0.29, 0.717) is 45.6 Å². The normalized spacial score (nSPS) is 17.1. The fraction of sp³-hybridized carbons (Fsp3) is 0.200. The largest absolute Gasteiger partial charge is 0.384 e. The molecule has 4 aromatic carbocycles. The molecule has 4 aromatic rings. The fourth-order valence-electron chi connectivity index (χ4n) is 6.20. The zero-order valence-electron chi connectivity index (χ0n) is 23.4. The minimum absolute atomic E-state index is 0.0772. The monoisotopic (exact) mass is 609 g/mol. The molecular weight excluding hydrogens is 581 g/mol. The Bertz CT molecular complexity index is 1870. The molecule has 1 aliphatic carbocycles. The molecule has 1 atom stereocenters. The molecule has 0 bridgehead atoms. The number of aryl methyl sites for hydroxylation is 2. The summed E-state index contributed by atoms with van der Waals surface area (Å²) < 4.78 is 0. The number of carbonyl (C=O) groups excluding carboxylic acids is 1. The molecule has 4 nitrogen and oxygen atoms in total. The Morgan fingerprint density at radius 2 is 1.79 bits per heavy atom. The van der Waals surface area contributed by atoms with Crippen LogP contribution in [0.25, 0.3) is 10.8 Å². The number of halogens is 2. The highest BCUT2D eigenvalue weighted by Gasteiger charge is 2.41. The fourth-order valence-corrected chi connectivity index (χ4v) is 7.76. The summed E-state index contributed by atoms with van der Waals surface area (Å²) in [5.74, 6) is 0.597. The molecule has 0 fully saturated rings. The van der Waals surface area contributed by atoms with Crippen molar-refractivity contribution in [1.82, 2.24) is 0 Å². The lowest BCUT2D eigenvalue weighted by Crippen LogP contribution is -2.39. The summed E-state index contributed by atoms with van der Waals surface area (Å²) in [6.45, 7) is 4.13. The molecule has 210 valence electrons. The number of thioether (sulfide) groups is 1. The lowest BCUT2D eigenvalue weighted by molar-refractivity contribution is -0.116. The van der Waals surface area contributed by atoms with Gasteiger partial charge in [-0.25, -0.2) is 0 Å². The number of hydrogen-bond acceptors (Lipinski definition) is 5. The number of ketones is 1. The van der Waals surface area contributed by atoms with Gasteiger partial charge in [-0.3, -0.25) is 9.69 Å². The zero-order valence-corrected chi connectivity index (χ0v) is 25.7. The molecule has 1 heterocycles. The van der Waals surface area contributed by atoms with Crippen molar-refractivity contribution in [1.29, 1.82) is 5.26 Å². The number of nitriles is 1. The van der Waals surface area contributed by atoms with Crippen LogP contribution < -0.4 is 10.6 Å². The lowest BCUT2D eigenvalue weighted by atomic mass is 9.74. The molecule has 0 saturated heterocycles. The number of hydrogen-bond donors (Lipinski definition) is 1. The molecule has 0 amide bonds. The van der Waals surface area contributed by atoms with Gasteiger partial charge in [-0.1, -0.05) is 71.7 Å². The van der Waals surface area contributed by atoms with Gasteiger partial charge in [-0.2, -0.15) is 5.26 Å². The Morgan fingerprint density at radius 1 is 1.00 bits per heavy atom. The first-order chi connectivity index (χ1) is 20.3.